The molecule has 0 saturated heterocycles. The Balaban J connectivity index is 0.0000000988. The summed E-state index contributed by atoms with van der Waals surface area (Å²) in [6.45, 7) is 0. The lowest BCUT2D eigenvalue weighted by Crippen LogP contribution is -1.95. The minimum absolute atomic E-state index is 1.18. The first-order valence-electron chi connectivity index (χ1n) is 48.4. The summed E-state index contributed by atoms with van der Waals surface area (Å²) in [5, 5.41) is 20.3. The van der Waals surface area contributed by atoms with Gasteiger partial charge < -0.3 is 27.4 Å². The lowest BCUT2D eigenvalue weighted by Gasteiger charge is -2.13. The van der Waals surface area contributed by atoms with Crippen LogP contribution in [-0.4, -0.2) is 27.4 Å². The minimum Gasteiger partial charge on any atom is -0.309 e. The zero-order chi connectivity index (χ0) is 91.5. The fourth-order valence-electron chi connectivity index (χ4n) is 24.3. The molecule has 0 radical (unpaired) electrons. The normalized spacial score (nSPS) is 12.1. The Bertz CT molecular complexity index is 10400. The highest BCUT2D eigenvalue weighted by atomic mass is 15.0. The van der Waals surface area contributed by atoms with E-state index in [1.54, 1.807) is 0 Å². The summed E-state index contributed by atoms with van der Waals surface area (Å²) in [5.74, 6) is 0. The molecule has 6 aromatic heterocycles. The van der Waals surface area contributed by atoms with Gasteiger partial charge in [0, 0.05) is 115 Å². The average molecular weight is 1780 g/mol. The molecule has 0 saturated carbocycles. The van der Waals surface area contributed by atoms with Gasteiger partial charge in [0.25, 0.3) is 0 Å². The largest absolute Gasteiger partial charge is 0.309 e. The maximum absolute atomic E-state index is 2.49. The van der Waals surface area contributed by atoms with Crippen molar-refractivity contribution in [2.24, 2.45) is 0 Å². The lowest BCUT2D eigenvalue weighted by atomic mass is 9.93. The van der Waals surface area contributed by atoms with Crippen molar-refractivity contribution in [2.45, 2.75) is 0 Å². The van der Waals surface area contributed by atoms with Crippen molar-refractivity contribution >= 4 is 152 Å². The molecule has 140 heavy (non-hydrogen) atoms. The standard InChI is InChI=1S/2C46H28N2.C42H26N2/c1-2-13-32-29(11-1)12-9-22-41(32)47-42-20-7-6-17-36(42)39-27-30(23-25-44(39)47)31-24-26-45-40(28-31)38-19-10-18-37-34-15-4-3-14-33(34)35-16-5-8-21-43(35)48(45)46(37)38;1-2-11-30-26-33(23-20-29(30)10-1)47-42-18-7-6-15-37(42)40-27-31(21-24-44(40)47)32-22-25-45-41(28-32)39-17-9-16-38-35-13-4-3-12-34(35)36-14-5-8-19-43(36)48(45)46(38)39;1-2-11-29(12-3-1)43-38-19-8-7-16-33(38)36-25-27(21-23-40(36)43)28-22-24-41-37(26-28)35-18-10-17-34-31-14-5-4-13-30(31)32-15-6-9-20-39(32)44(41)42(34)35/h2*1-28H;1-26H. The number of hydrogen-bond donors (Lipinski definition) is 0. The van der Waals surface area contributed by atoms with Gasteiger partial charge in [-0.15, -0.1) is 0 Å². The van der Waals surface area contributed by atoms with E-state index in [1.807, 2.05) is 0 Å². The van der Waals surface area contributed by atoms with Crippen LogP contribution >= 0.6 is 0 Å². The van der Waals surface area contributed by atoms with Crippen LogP contribution in [0.25, 0.3) is 287 Å². The van der Waals surface area contributed by atoms with E-state index < -0.39 is 0 Å². The molecule has 9 heterocycles. The fourth-order valence-corrected chi connectivity index (χ4v) is 24.3. The summed E-state index contributed by atoms with van der Waals surface area (Å²) in [5.41, 5.74) is 44.8. The molecule has 0 amide bonds. The number of rotatable bonds is 6. The minimum atomic E-state index is 1.18. The van der Waals surface area contributed by atoms with Crippen molar-refractivity contribution < 1.29 is 0 Å². The number of fused-ring (bicyclic) bond motifs is 35. The zero-order valence-electron chi connectivity index (χ0n) is 76.0. The molecule has 0 bridgehead atoms. The molecule has 0 aliphatic carbocycles. The maximum atomic E-state index is 2.49. The highest BCUT2D eigenvalue weighted by Crippen LogP contribution is 2.53. The maximum Gasteiger partial charge on any atom is 0.0619 e. The predicted molar refractivity (Wildman–Crippen MR) is 590 cm³/mol. The van der Waals surface area contributed by atoms with Gasteiger partial charge >= 0.3 is 0 Å². The van der Waals surface area contributed by atoms with E-state index in [2.05, 4.69) is 525 Å². The van der Waals surface area contributed by atoms with Gasteiger partial charge in [0.05, 0.1) is 88.9 Å². The highest BCUT2D eigenvalue weighted by molar-refractivity contribution is 6.23. The van der Waals surface area contributed by atoms with Crippen molar-refractivity contribution in [3.05, 3.63) is 497 Å². The molecule has 0 atom stereocenters. The van der Waals surface area contributed by atoms with Crippen LogP contribution in [0, 0.1) is 0 Å². The number of nitrogens with zero attached hydrogens (tertiary/aromatic N) is 6. The topological polar surface area (TPSA) is 29.6 Å². The molecule has 3 aliphatic rings. The van der Waals surface area contributed by atoms with E-state index >= 15 is 0 Å². The van der Waals surface area contributed by atoms with Crippen LogP contribution in [0.1, 0.15) is 0 Å². The first-order valence-corrected chi connectivity index (χ1v) is 48.4. The molecule has 29 aromatic rings. The Morgan fingerprint density at radius 2 is 0.357 bits per heavy atom. The van der Waals surface area contributed by atoms with Gasteiger partial charge in [0.15, 0.2) is 0 Å². The van der Waals surface area contributed by atoms with Crippen LogP contribution in [0.2, 0.25) is 0 Å². The van der Waals surface area contributed by atoms with Crippen molar-refractivity contribution in [3.8, 4) is 134 Å². The predicted octanol–water partition coefficient (Wildman–Crippen LogP) is 35.9. The van der Waals surface area contributed by atoms with Crippen LogP contribution < -0.4 is 0 Å². The summed E-state index contributed by atoms with van der Waals surface area (Å²) in [6.07, 6.45) is 0. The third-order valence-corrected chi connectivity index (χ3v) is 30.3. The molecule has 32 rings (SSSR count). The summed E-state index contributed by atoms with van der Waals surface area (Å²) in [6, 6.07) is 183. The van der Waals surface area contributed by atoms with Crippen molar-refractivity contribution in [3.63, 3.8) is 0 Å². The van der Waals surface area contributed by atoms with E-state index in [-0.39, 0.29) is 0 Å². The SMILES string of the molecule is c1ccc(-n2c3ccccc3c3cc(-c4ccc5c(c4)c4cccc6c4n5-c4ccccc4-c4ccccc4-6)ccc32)cc1.c1ccc2c(c1)-c1ccccc1-n1c3ccc(-c4ccc5c(c4)c4ccccc4n5-c4ccc5ccccc5c4)cc3c3cccc-2c31.c1ccc2c(c1)-c1ccccc1-n1c3ccc(-c4ccc5c(c4)c4ccccc4n5-c4cccc5ccccc45)cc3c3cccc-2c31. The Morgan fingerprint density at radius 1 is 0.107 bits per heavy atom. The van der Waals surface area contributed by atoms with E-state index in [9.17, 15) is 0 Å². The van der Waals surface area contributed by atoms with Gasteiger partial charge in [-0.05, 0) is 222 Å². The summed E-state index contributed by atoms with van der Waals surface area (Å²) in [7, 11) is 0. The first kappa shape index (κ1) is 77.8. The molecule has 6 heteroatoms. The van der Waals surface area contributed by atoms with Crippen LogP contribution in [0.5, 0.6) is 0 Å². The van der Waals surface area contributed by atoms with Crippen LogP contribution in [0.4, 0.5) is 0 Å². The number of benzene rings is 23. The molecule has 0 fully saturated rings. The second kappa shape index (κ2) is 30.4. The molecule has 6 nitrogen and oxygen atoms in total. The van der Waals surface area contributed by atoms with Gasteiger partial charge in [0.2, 0.25) is 0 Å². The molecule has 23 aromatic carbocycles. The van der Waals surface area contributed by atoms with Gasteiger partial charge in [-0.1, -0.05) is 358 Å². The van der Waals surface area contributed by atoms with E-state index in [1.165, 1.54) is 287 Å². The van der Waals surface area contributed by atoms with Gasteiger partial charge in [0.1, 0.15) is 0 Å². The second-order valence-corrected chi connectivity index (χ2v) is 37.6. The third-order valence-electron chi connectivity index (χ3n) is 30.3. The van der Waals surface area contributed by atoms with Crippen LogP contribution in [-0.2, 0) is 0 Å². The van der Waals surface area contributed by atoms with Crippen LogP contribution in [0.3, 0.4) is 0 Å². The molecular weight excluding hydrogens is 1690 g/mol. The molecule has 0 N–H and O–H groups in total. The molecule has 648 valence electrons. The summed E-state index contributed by atoms with van der Waals surface area (Å²) >= 11 is 0. The molecule has 0 unspecified atom stereocenters. The third kappa shape index (κ3) is 11.5. The zero-order valence-corrected chi connectivity index (χ0v) is 76.0. The lowest BCUT2D eigenvalue weighted by molar-refractivity contribution is 1.18. The first-order chi connectivity index (χ1) is 69.5. The van der Waals surface area contributed by atoms with Crippen molar-refractivity contribution in [2.75, 3.05) is 0 Å². The quantitative estimate of drug-likeness (QED) is 0.159. The van der Waals surface area contributed by atoms with E-state index in [0.717, 1.165) is 0 Å². The average Bonchev–Trinajstić information content (AvgIpc) is 1.56. The molecular formula is C134H82N6. The number of aromatic nitrogens is 6. The molecule has 0 spiro atoms. The van der Waals surface area contributed by atoms with Crippen molar-refractivity contribution in [1.29, 1.82) is 0 Å². The number of para-hydroxylation sites is 10. The van der Waals surface area contributed by atoms with E-state index in [4.69, 9.17) is 0 Å². The monoisotopic (exact) mass is 1770 g/mol. The Hall–Kier alpha value is -18.6. The van der Waals surface area contributed by atoms with E-state index in [0.29, 0.717) is 0 Å². The smallest absolute Gasteiger partial charge is 0.0619 e. The van der Waals surface area contributed by atoms with Gasteiger partial charge in [-0.2, -0.15) is 0 Å². The van der Waals surface area contributed by atoms with Crippen LogP contribution in [0.15, 0.2) is 497 Å². The van der Waals surface area contributed by atoms with Gasteiger partial charge in [-0.25, -0.2) is 0 Å². The fraction of sp³-hybridized carbons (Fsp3) is 0. The Kier molecular flexibility index (Phi) is 16.9. The highest BCUT2D eigenvalue weighted by Gasteiger charge is 2.31. The summed E-state index contributed by atoms with van der Waals surface area (Å²) in [4.78, 5) is 0. The summed E-state index contributed by atoms with van der Waals surface area (Å²) < 4.78 is 14.7. The van der Waals surface area contributed by atoms with Crippen molar-refractivity contribution in [1.82, 2.24) is 27.4 Å². The Morgan fingerprint density at radius 3 is 0.757 bits per heavy atom. The van der Waals surface area contributed by atoms with Gasteiger partial charge in [-0.3, -0.25) is 0 Å². The second-order valence-electron chi connectivity index (χ2n) is 37.6. The molecule has 3 aliphatic heterocycles. The number of hydrogen-bond acceptors (Lipinski definition) is 0. The Labute approximate surface area is 805 Å².